The number of carbonyl (C=O) groups is 2. The van der Waals surface area contributed by atoms with Crippen LogP contribution in [0.5, 0.6) is 0 Å². The van der Waals surface area contributed by atoms with E-state index < -0.39 is 0 Å². The van der Waals surface area contributed by atoms with E-state index in [1.54, 1.807) is 4.90 Å². The molecule has 22 heavy (non-hydrogen) atoms. The number of hydrogen-bond donors (Lipinski definition) is 0. The number of anilines is 1. The van der Waals surface area contributed by atoms with Crippen molar-refractivity contribution in [2.45, 2.75) is 19.3 Å². The molecule has 0 aromatic heterocycles. The maximum Gasteiger partial charge on any atom is 0.253 e. The van der Waals surface area contributed by atoms with Gasteiger partial charge in [-0.25, -0.2) is 0 Å². The van der Waals surface area contributed by atoms with E-state index in [9.17, 15) is 9.59 Å². The largest absolute Gasteiger partial charge is 0.337 e. The topological polar surface area (TPSA) is 43.9 Å². The van der Waals surface area contributed by atoms with Crippen LogP contribution in [-0.2, 0) is 4.79 Å². The van der Waals surface area contributed by atoms with E-state index in [0.717, 1.165) is 51.3 Å². The summed E-state index contributed by atoms with van der Waals surface area (Å²) in [6.45, 7) is 4.34. The number of hydrogen-bond acceptors (Lipinski definition) is 3. The first-order valence-corrected chi connectivity index (χ1v) is 8.03. The van der Waals surface area contributed by atoms with E-state index in [-0.39, 0.29) is 11.8 Å². The van der Waals surface area contributed by atoms with Gasteiger partial charge in [-0.2, -0.15) is 0 Å². The molecule has 0 spiro atoms. The van der Waals surface area contributed by atoms with Crippen LogP contribution >= 0.6 is 0 Å². The normalized spacial score (nSPS) is 20.3. The molecule has 0 atom stereocenters. The smallest absolute Gasteiger partial charge is 0.253 e. The van der Waals surface area contributed by atoms with Crippen molar-refractivity contribution in [1.29, 1.82) is 0 Å². The first kappa shape index (κ1) is 15.0. The summed E-state index contributed by atoms with van der Waals surface area (Å²) in [5, 5.41) is 0. The van der Waals surface area contributed by atoms with Gasteiger partial charge in [0, 0.05) is 43.9 Å². The molecule has 0 N–H and O–H groups in total. The Kier molecular flexibility index (Phi) is 4.43. The lowest BCUT2D eigenvalue weighted by molar-refractivity contribution is -0.117. The van der Waals surface area contributed by atoms with Crippen molar-refractivity contribution in [2.75, 3.05) is 44.7 Å². The maximum absolute atomic E-state index is 12.6. The number of rotatable bonds is 2. The highest BCUT2D eigenvalue weighted by molar-refractivity contribution is 5.97. The van der Waals surface area contributed by atoms with Crippen LogP contribution in [-0.4, -0.2) is 61.4 Å². The van der Waals surface area contributed by atoms with Gasteiger partial charge in [0.05, 0.1) is 0 Å². The molecule has 2 amide bonds. The van der Waals surface area contributed by atoms with E-state index in [2.05, 4.69) is 11.9 Å². The Morgan fingerprint density at radius 3 is 2.41 bits per heavy atom. The molecule has 2 aliphatic rings. The summed E-state index contributed by atoms with van der Waals surface area (Å²) in [7, 11) is 2.09. The molecule has 2 saturated heterocycles. The van der Waals surface area contributed by atoms with Gasteiger partial charge in [-0.1, -0.05) is 0 Å². The first-order chi connectivity index (χ1) is 10.6. The van der Waals surface area contributed by atoms with Crippen LogP contribution in [0.25, 0.3) is 0 Å². The fourth-order valence-corrected chi connectivity index (χ4v) is 3.14. The minimum atomic E-state index is 0.0922. The second kappa shape index (κ2) is 6.48. The SMILES string of the molecule is CN1CCCN(C(=O)c2ccc(N3CCCC3=O)cc2)CC1. The van der Waals surface area contributed by atoms with E-state index in [0.29, 0.717) is 12.0 Å². The van der Waals surface area contributed by atoms with E-state index in [1.807, 2.05) is 29.2 Å². The molecular formula is C17H23N3O2. The number of nitrogens with zero attached hydrogens (tertiary/aromatic N) is 3. The van der Waals surface area contributed by atoms with Crippen LogP contribution in [0.4, 0.5) is 5.69 Å². The molecule has 1 aromatic carbocycles. The highest BCUT2D eigenvalue weighted by atomic mass is 16.2. The third-order valence-corrected chi connectivity index (χ3v) is 4.51. The summed E-state index contributed by atoms with van der Waals surface area (Å²) in [5.41, 5.74) is 1.61. The molecule has 0 aliphatic carbocycles. The molecule has 0 unspecified atom stereocenters. The summed E-state index contributed by atoms with van der Waals surface area (Å²) in [5.74, 6) is 0.268. The average molecular weight is 301 g/mol. The Morgan fingerprint density at radius 1 is 0.955 bits per heavy atom. The van der Waals surface area contributed by atoms with Gasteiger partial charge in [-0.3, -0.25) is 9.59 Å². The quantitative estimate of drug-likeness (QED) is 0.833. The number of carbonyl (C=O) groups excluding carboxylic acids is 2. The standard InChI is InChI=1S/C17H23N3O2/c1-18-9-3-10-19(13-12-18)17(22)14-5-7-15(8-6-14)20-11-2-4-16(20)21/h5-8H,2-4,9-13H2,1H3. The van der Waals surface area contributed by atoms with Crippen molar-refractivity contribution in [2.24, 2.45) is 0 Å². The molecule has 5 nitrogen and oxygen atoms in total. The molecule has 2 heterocycles. The minimum absolute atomic E-state index is 0.0922. The van der Waals surface area contributed by atoms with Crippen molar-refractivity contribution >= 4 is 17.5 Å². The summed E-state index contributed by atoms with van der Waals surface area (Å²) in [6.07, 6.45) is 2.56. The first-order valence-electron chi connectivity index (χ1n) is 8.03. The van der Waals surface area contributed by atoms with Crippen molar-refractivity contribution in [3.05, 3.63) is 29.8 Å². The van der Waals surface area contributed by atoms with E-state index in [4.69, 9.17) is 0 Å². The maximum atomic E-state index is 12.6. The van der Waals surface area contributed by atoms with Crippen LogP contribution in [0.15, 0.2) is 24.3 Å². The Morgan fingerprint density at radius 2 is 1.73 bits per heavy atom. The summed E-state index contributed by atoms with van der Waals surface area (Å²) < 4.78 is 0. The predicted molar refractivity (Wildman–Crippen MR) is 86.0 cm³/mol. The third kappa shape index (κ3) is 3.14. The van der Waals surface area contributed by atoms with Gasteiger partial charge in [0.25, 0.3) is 5.91 Å². The molecule has 3 rings (SSSR count). The van der Waals surface area contributed by atoms with Crippen molar-refractivity contribution in [3.63, 3.8) is 0 Å². The Hall–Kier alpha value is -1.88. The van der Waals surface area contributed by atoms with Gasteiger partial charge >= 0.3 is 0 Å². The zero-order chi connectivity index (χ0) is 15.5. The van der Waals surface area contributed by atoms with Crippen LogP contribution in [0, 0.1) is 0 Å². The van der Waals surface area contributed by atoms with Crippen LogP contribution in [0.1, 0.15) is 29.6 Å². The van der Waals surface area contributed by atoms with Crippen LogP contribution in [0.2, 0.25) is 0 Å². The molecule has 0 saturated carbocycles. The molecular weight excluding hydrogens is 278 g/mol. The summed E-state index contributed by atoms with van der Waals surface area (Å²) >= 11 is 0. The molecule has 1 aromatic rings. The fourth-order valence-electron chi connectivity index (χ4n) is 3.14. The van der Waals surface area contributed by atoms with Gasteiger partial charge in [0.15, 0.2) is 0 Å². The van der Waals surface area contributed by atoms with Gasteiger partial charge in [-0.05, 0) is 50.7 Å². The number of amides is 2. The second-order valence-electron chi connectivity index (χ2n) is 6.14. The van der Waals surface area contributed by atoms with Crippen molar-refractivity contribution < 1.29 is 9.59 Å². The minimum Gasteiger partial charge on any atom is -0.337 e. The highest BCUT2D eigenvalue weighted by Crippen LogP contribution is 2.22. The predicted octanol–water partition coefficient (Wildman–Crippen LogP) is 1.59. The van der Waals surface area contributed by atoms with Gasteiger partial charge in [-0.15, -0.1) is 0 Å². The average Bonchev–Trinajstić information content (AvgIpc) is 2.84. The number of likely N-dealkylation sites (N-methyl/N-ethyl adjacent to an activating group) is 1. The zero-order valence-electron chi connectivity index (χ0n) is 13.1. The lowest BCUT2D eigenvalue weighted by Gasteiger charge is -2.21. The van der Waals surface area contributed by atoms with Crippen LogP contribution in [0.3, 0.4) is 0 Å². The summed E-state index contributed by atoms with van der Waals surface area (Å²) in [6, 6.07) is 7.47. The Labute approximate surface area is 131 Å². The Balaban J connectivity index is 1.69. The van der Waals surface area contributed by atoms with Crippen molar-refractivity contribution in [1.82, 2.24) is 9.80 Å². The van der Waals surface area contributed by atoms with Gasteiger partial charge in [0.1, 0.15) is 0 Å². The molecule has 2 aliphatic heterocycles. The third-order valence-electron chi connectivity index (χ3n) is 4.51. The lowest BCUT2D eigenvalue weighted by atomic mass is 10.1. The molecule has 2 fully saturated rings. The molecule has 0 radical (unpaired) electrons. The molecule has 118 valence electrons. The van der Waals surface area contributed by atoms with Crippen LogP contribution < -0.4 is 4.90 Å². The zero-order valence-corrected chi connectivity index (χ0v) is 13.1. The fraction of sp³-hybridized carbons (Fsp3) is 0.529. The van der Waals surface area contributed by atoms with Crippen molar-refractivity contribution in [3.8, 4) is 0 Å². The van der Waals surface area contributed by atoms with Gasteiger partial charge < -0.3 is 14.7 Å². The highest BCUT2D eigenvalue weighted by Gasteiger charge is 2.23. The second-order valence-corrected chi connectivity index (χ2v) is 6.14. The summed E-state index contributed by atoms with van der Waals surface area (Å²) in [4.78, 5) is 30.3. The number of benzene rings is 1. The monoisotopic (exact) mass is 301 g/mol. The lowest BCUT2D eigenvalue weighted by Crippen LogP contribution is -2.34. The van der Waals surface area contributed by atoms with E-state index >= 15 is 0 Å². The Bertz CT molecular complexity index is 556. The van der Waals surface area contributed by atoms with Gasteiger partial charge in [0.2, 0.25) is 5.91 Å². The molecule has 0 bridgehead atoms. The molecule has 5 heteroatoms. The van der Waals surface area contributed by atoms with E-state index in [1.165, 1.54) is 0 Å².